The summed E-state index contributed by atoms with van der Waals surface area (Å²) < 4.78 is 21.7. The van der Waals surface area contributed by atoms with Crippen molar-refractivity contribution in [1.29, 1.82) is 0 Å². The molecule has 8 heteroatoms. The second-order valence-electron chi connectivity index (χ2n) is 8.52. The van der Waals surface area contributed by atoms with Crippen molar-refractivity contribution >= 4 is 11.6 Å². The van der Waals surface area contributed by atoms with Crippen LogP contribution < -0.4 is 5.32 Å². The first-order valence-corrected chi connectivity index (χ1v) is 11.5. The van der Waals surface area contributed by atoms with Gasteiger partial charge in [-0.1, -0.05) is 27.7 Å². The van der Waals surface area contributed by atoms with Crippen LogP contribution in [0.5, 0.6) is 0 Å². The zero-order valence-corrected chi connectivity index (χ0v) is 20.6. The number of carbonyl (C=O) groups excluding carboxylic acids is 2. The minimum Gasteiger partial charge on any atom is -0.378 e. The van der Waals surface area contributed by atoms with Crippen LogP contribution in [0.25, 0.3) is 0 Å². The van der Waals surface area contributed by atoms with E-state index >= 15 is 0 Å². The molecule has 0 aromatic heterocycles. The lowest BCUT2D eigenvalue weighted by molar-refractivity contribution is -0.127. The van der Waals surface area contributed by atoms with Gasteiger partial charge in [-0.3, -0.25) is 9.59 Å². The Morgan fingerprint density at radius 2 is 1.19 bits per heavy atom. The number of likely N-dealkylation sites (N-methyl/N-ethyl adjacent to an activating group) is 1. The van der Waals surface area contributed by atoms with Gasteiger partial charge in [-0.15, -0.1) is 0 Å². The highest BCUT2D eigenvalue weighted by atomic mass is 16.5. The second kappa shape index (κ2) is 19.8. The number of nitrogens with zero attached hydrogens (tertiary/aromatic N) is 1. The Morgan fingerprint density at radius 1 is 0.710 bits per heavy atom. The van der Waals surface area contributed by atoms with Gasteiger partial charge >= 0.3 is 0 Å². The number of hydrogen-bond acceptors (Lipinski definition) is 8. The van der Waals surface area contributed by atoms with Gasteiger partial charge in [-0.25, -0.2) is 0 Å². The average Bonchev–Trinajstić information content (AvgIpc) is 2.72. The smallest absolute Gasteiger partial charge is 0.160 e. The van der Waals surface area contributed by atoms with Crippen LogP contribution in [-0.4, -0.2) is 102 Å². The maximum atomic E-state index is 11.4. The molecule has 0 aliphatic rings. The van der Waals surface area contributed by atoms with Crippen LogP contribution in [0.3, 0.4) is 0 Å². The van der Waals surface area contributed by atoms with Crippen LogP contribution in [0, 0.1) is 11.8 Å². The lowest BCUT2D eigenvalue weighted by Crippen LogP contribution is -2.34. The van der Waals surface area contributed by atoms with Crippen molar-refractivity contribution in [1.82, 2.24) is 10.2 Å². The molecule has 0 heterocycles. The van der Waals surface area contributed by atoms with E-state index in [-0.39, 0.29) is 36.6 Å². The molecule has 1 unspecified atom stereocenters. The third kappa shape index (κ3) is 19.5. The van der Waals surface area contributed by atoms with Gasteiger partial charge in [0, 0.05) is 31.0 Å². The molecule has 184 valence electrons. The summed E-state index contributed by atoms with van der Waals surface area (Å²) in [6.45, 7) is 15.8. The van der Waals surface area contributed by atoms with Gasteiger partial charge in [0.05, 0.1) is 39.6 Å². The number of hydrogen-bond donors (Lipinski definition) is 1. The number of Topliss-reactive ketones (excluding diaryl/α,β-unsaturated/α-hetero) is 2. The predicted octanol–water partition coefficient (Wildman–Crippen LogP) is 1.80. The number of rotatable bonds is 22. The summed E-state index contributed by atoms with van der Waals surface area (Å²) in [5.74, 6) is 0.282. The van der Waals surface area contributed by atoms with E-state index in [1.54, 1.807) is 0 Å². The molecule has 0 bridgehead atoms. The molecule has 0 spiro atoms. The quantitative estimate of drug-likeness (QED) is 0.252. The Labute approximate surface area is 189 Å². The molecule has 0 aliphatic carbocycles. The molecular formula is C23H46N2O6. The first-order chi connectivity index (χ1) is 14.7. The highest BCUT2D eigenvalue weighted by molar-refractivity contribution is 5.81. The Morgan fingerprint density at radius 3 is 1.71 bits per heavy atom. The fourth-order valence-corrected chi connectivity index (χ4v) is 2.34. The minimum absolute atomic E-state index is 0.0187. The first-order valence-electron chi connectivity index (χ1n) is 11.5. The largest absolute Gasteiger partial charge is 0.378 e. The molecule has 0 radical (unpaired) electrons. The standard InChI is InChI=1S/C23H46N2O6/c1-19(2)22(26)17-30-15-13-28-11-8-24-21(5)7-9-25(6)10-12-29-14-16-31-18-23(27)20(3)4/h19-21,24H,7-18H2,1-6H3. The van der Waals surface area contributed by atoms with Crippen LogP contribution >= 0.6 is 0 Å². The SMILES string of the molecule is CC(CCN(C)CCOCCOCC(=O)C(C)C)NCCOCCOCC(=O)C(C)C. The van der Waals surface area contributed by atoms with Crippen LogP contribution in [-0.2, 0) is 28.5 Å². The van der Waals surface area contributed by atoms with Crippen molar-refractivity contribution in [3.05, 3.63) is 0 Å². The average molecular weight is 447 g/mol. The van der Waals surface area contributed by atoms with E-state index in [2.05, 4.69) is 24.2 Å². The molecule has 0 saturated heterocycles. The third-order valence-electron chi connectivity index (χ3n) is 4.82. The fourth-order valence-electron chi connectivity index (χ4n) is 2.34. The molecule has 0 saturated carbocycles. The number of carbonyl (C=O) groups is 2. The third-order valence-corrected chi connectivity index (χ3v) is 4.82. The Kier molecular flexibility index (Phi) is 19.2. The fraction of sp³-hybridized carbons (Fsp3) is 0.913. The van der Waals surface area contributed by atoms with E-state index in [0.29, 0.717) is 45.7 Å². The highest BCUT2D eigenvalue weighted by Gasteiger charge is 2.08. The molecule has 0 aromatic carbocycles. The van der Waals surface area contributed by atoms with Gasteiger partial charge < -0.3 is 29.2 Å². The van der Waals surface area contributed by atoms with E-state index in [0.717, 1.165) is 26.1 Å². The summed E-state index contributed by atoms with van der Waals surface area (Å²) in [6.07, 6.45) is 1.04. The first kappa shape index (κ1) is 30.1. The Hall–Kier alpha value is -0.900. The Balaban J connectivity index is 3.44. The van der Waals surface area contributed by atoms with E-state index < -0.39 is 0 Å². The molecule has 0 amide bonds. The van der Waals surface area contributed by atoms with Gasteiger partial charge in [-0.2, -0.15) is 0 Å². The van der Waals surface area contributed by atoms with Crippen molar-refractivity contribution in [2.45, 2.75) is 47.1 Å². The molecule has 0 fully saturated rings. The maximum Gasteiger partial charge on any atom is 0.160 e. The van der Waals surface area contributed by atoms with Crippen LogP contribution in [0.15, 0.2) is 0 Å². The predicted molar refractivity (Wildman–Crippen MR) is 123 cm³/mol. The van der Waals surface area contributed by atoms with Crippen LogP contribution in [0.4, 0.5) is 0 Å². The zero-order chi connectivity index (χ0) is 23.5. The summed E-state index contributed by atoms with van der Waals surface area (Å²) in [7, 11) is 2.08. The van der Waals surface area contributed by atoms with Crippen molar-refractivity contribution in [2.75, 3.05) is 79.5 Å². The van der Waals surface area contributed by atoms with E-state index in [1.807, 2.05) is 27.7 Å². The summed E-state index contributed by atoms with van der Waals surface area (Å²) in [6, 6.07) is 0.402. The zero-order valence-electron chi connectivity index (χ0n) is 20.6. The van der Waals surface area contributed by atoms with Gasteiger partial charge in [-0.05, 0) is 26.9 Å². The van der Waals surface area contributed by atoms with Gasteiger partial charge in [0.25, 0.3) is 0 Å². The van der Waals surface area contributed by atoms with E-state index in [4.69, 9.17) is 18.9 Å². The van der Waals surface area contributed by atoms with Crippen molar-refractivity contribution in [3.8, 4) is 0 Å². The van der Waals surface area contributed by atoms with E-state index in [9.17, 15) is 9.59 Å². The molecular weight excluding hydrogens is 400 g/mol. The monoisotopic (exact) mass is 446 g/mol. The van der Waals surface area contributed by atoms with Gasteiger partial charge in [0.2, 0.25) is 0 Å². The summed E-state index contributed by atoms with van der Waals surface area (Å²) in [4.78, 5) is 25.1. The lowest BCUT2D eigenvalue weighted by Gasteiger charge is -2.20. The normalized spacial score (nSPS) is 12.8. The van der Waals surface area contributed by atoms with Crippen molar-refractivity contribution in [3.63, 3.8) is 0 Å². The molecule has 0 aromatic rings. The van der Waals surface area contributed by atoms with Crippen molar-refractivity contribution in [2.24, 2.45) is 11.8 Å². The molecule has 1 N–H and O–H groups in total. The molecule has 8 nitrogen and oxygen atoms in total. The van der Waals surface area contributed by atoms with Crippen LogP contribution in [0.2, 0.25) is 0 Å². The van der Waals surface area contributed by atoms with Gasteiger partial charge in [0.15, 0.2) is 11.6 Å². The Bertz CT molecular complexity index is 459. The minimum atomic E-state index is 0.0187. The molecule has 0 aliphatic heterocycles. The van der Waals surface area contributed by atoms with E-state index in [1.165, 1.54) is 0 Å². The molecule has 0 rings (SSSR count). The number of ether oxygens (including phenoxy) is 4. The summed E-state index contributed by atoms with van der Waals surface area (Å²) in [5.41, 5.74) is 0. The lowest BCUT2D eigenvalue weighted by atomic mass is 10.1. The van der Waals surface area contributed by atoms with Crippen LogP contribution in [0.1, 0.15) is 41.0 Å². The topological polar surface area (TPSA) is 86.3 Å². The summed E-state index contributed by atoms with van der Waals surface area (Å²) in [5, 5.41) is 3.45. The second-order valence-corrected chi connectivity index (χ2v) is 8.52. The van der Waals surface area contributed by atoms with Gasteiger partial charge in [0.1, 0.15) is 13.2 Å². The molecule has 31 heavy (non-hydrogen) atoms. The number of ketones is 2. The maximum absolute atomic E-state index is 11.4. The highest BCUT2D eigenvalue weighted by Crippen LogP contribution is 1.96. The van der Waals surface area contributed by atoms with Crippen molar-refractivity contribution < 1.29 is 28.5 Å². The summed E-state index contributed by atoms with van der Waals surface area (Å²) >= 11 is 0. The molecule has 1 atom stereocenters. The number of nitrogens with one attached hydrogen (secondary N) is 1.